The molecule has 4 nitrogen and oxygen atoms in total. The number of nitrogens with two attached hydrogens (primary N) is 1. The number of carbonyl (C=O) groups excluding carboxylic acids is 1. The Bertz CT molecular complexity index is 682. The van der Waals surface area contributed by atoms with Gasteiger partial charge in [0.25, 0.3) is 0 Å². The summed E-state index contributed by atoms with van der Waals surface area (Å²) in [5.41, 5.74) is 5.09. The zero-order valence-electron chi connectivity index (χ0n) is 11.9. The van der Waals surface area contributed by atoms with Crippen molar-refractivity contribution in [2.75, 3.05) is 0 Å². The largest absolute Gasteiger partial charge is 0.475 e. The molecular formula is C16H16N2O2S. The molecule has 2 N–H and O–H groups in total. The smallest absolute Gasteiger partial charge is 0.174 e. The number of hydrogen-bond acceptors (Lipinski definition) is 5. The molecule has 3 rings (SSSR count). The van der Waals surface area contributed by atoms with E-state index in [9.17, 15) is 10.1 Å². The van der Waals surface area contributed by atoms with Crippen molar-refractivity contribution in [2.45, 2.75) is 25.5 Å². The van der Waals surface area contributed by atoms with Gasteiger partial charge < -0.3 is 4.74 Å². The van der Waals surface area contributed by atoms with Crippen LogP contribution in [0.3, 0.4) is 0 Å². The zero-order valence-corrected chi connectivity index (χ0v) is 12.7. The van der Waals surface area contributed by atoms with E-state index in [4.69, 9.17) is 10.5 Å². The van der Waals surface area contributed by atoms with Gasteiger partial charge in [-0.05, 0) is 48.4 Å². The highest BCUT2D eigenvalue weighted by Gasteiger charge is 2.60. The van der Waals surface area contributed by atoms with Crippen LogP contribution < -0.4 is 5.73 Å². The molecule has 4 atom stereocenters. The fraction of sp³-hybridized carbons (Fsp3) is 0.375. The maximum Gasteiger partial charge on any atom is 0.174 e. The number of ketones is 1. The van der Waals surface area contributed by atoms with E-state index in [1.807, 2.05) is 16.8 Å². The SMILES string of the molecule is CC1(N)OC2=CC=CC(=O)C2C(c2ccsc2)C1(C)C#N. The first-order chi connectivity index (χ1) is 9.90. The maximum absolute atomic E-state index is 12.4. The van der Waals surface area contributed by atoms with Gasteiger partial charge in [0.1, 0.15) is 11.2 Å². The van der Waals surface area contributed by atoms with Crippen molar-refractivity contribution in [3.05, 3.63) is 46.4 Å². The highest BCUT2D eigenvalue weighted by molar-refractivity contribution is 7.08. The average molecular weight is 300 g/mol. The number of fused-ring (bicyclic) bond motifs is 1. The van der Waals surface area contributed by atoms with Crippen LogP contribution in [0.1, 0.15) is 25.3 Å². The molecule has 1 saturated heterocycles. The molecule has 0 bridgehead atoms. The van der Waals surface area contributed by atoms with Crippen molar-refractivity contribution in [1.82, 2.24) is 0 Å². The molecule has 21 heavy (non-hydrogen) atoms. The van der Waals surface area contributed by atoms with Crippen LogP contribution >= 0.6 is 11.3 Å². The molecule has 1 fully saturated rings. The lowest BCUT2D eigenvalue weighted by Crippen LogP contribution is -2.61. The second kappa shape index (κ2) is 4.55. The minimum atomic E-state index is -1.16. The summed E-state index contributed by atoms with van der Waals surface area (Å²) in [6, 6.07) is 4.27. The number of thiophene rings is 1. The van der Waals surface area contributed by atoms with Gasteiger partial charge in [0.05, 0.1) is 12.0 Å². The van der Waals surface area contributed by atoms with E-state index in [1.165, 1.54) is 6.08 Å². The predicted octanol–water partition coefficient (Wildman–Crippen LogP) is 2.71. The van der Waals surface area contributed by atoms with E-state index in [0.29, 0.717) is 5.76 Å². The van der Waals surface area contributed by atoms with E-state index < -0.39 is 17.1 Å². The monoisotopic (exact) mass is 300 g/mol. The molecule has 0 radical (unpaired) electrons. The van der Waals surface area contributed by atoms with Gasteiger partial charge in [-0.25, -0.2) is 0 Å². The quantitative estimate of drug-likeness (QED) is 0.865. The van der Waals surface area contributed by atoms with Crippen molar-refractivity contribution in [3.8, 4) is 6.07 Å². The van der Waals surface area contributed by atoms with E-state index in [0.717, 1.165) is 5.56 Å². The van der Waals surface area contributed by atoms with E-state index >= 15 is 0 Å². The van der Waals surface area contributed by atoms with Crippen molar-refractivity contribution in [3.63, 3.8) is 0 Å². The topological polar surface area (TPSA) is 76.1 Å². The van der Waals surface area contributed by atoms with Crippen molar-refractivity contribution in [2.24, 2.45) is 17.1 Å². The lowest BCUT2D eigenvalue weighted by molar-refractivity contribution is -0.141. The molecule has 0 amide bonds. The lowest BCUT2D eigenvalue weighted by atomic mass is 9.60. The number of nitrogens with zero attached hydrogens (tertiary/aromatic N) is 1. The fourth-order valence-corrected chi connectivity index (χ4v) is 3.86. The molecule has 1 aliphatic carbocycles. The Balaban J connectivity index is 2.22. The molecule has 4 unspecified atom stereocenters. The summed E-state index contributed by atoms with van der Waals surface area (Å²) in [6.07, 6.45) is 4.98. The van der Waals surface area contributed by atoms with Crippen LogP contribution in [0.25, 0.3) is 0 Å². The summed E-state index contributed by atoms with van der Waals surface area (Å²) in [6.45, 7) is 3.48. The number of ether oxygens (including phenoxy) is 1. The maximum atomic E-state index is 12.4. The summed E-state index contributed by atoms with van der Waals surface area (Å²) in [5.74, 6) is -0.288. The van der Waals surface area contributed by atoms with Crippen LogP contribution in [0.4, 0.5) is 0 Å². The van der Waals surface area contributed by atoms with E-state index in [2.05, 4.69) is 6.07 Å². The summed E-state index contributed by atoms with van der Waals surface area (Å²) < 4.78 is 5.83. The first-order valence-corrected chi connectivity index (χ1v) is 7.68. The Hall–Kier alpha value is -1.90. The standard InChI is InChI=1S/C16H16N2O2S/c1-15(9-17)14(10-6-7-21-8-10)13-11(19)4-3-5-12(13)20-16(15,2)18/h3-8,13-14H,18H2,1-2H3. The number of rotatable bonds is 1. The van der Waals surface area contributed by atoms with E-state index in [1.54, 1.807) is 37.3 Å². The zero-order chi connectivity index (χ0) is 15.3. The van der Waals surface area contributed by atoms with E-state index in [-0.39, 0.29) is 11.7 Å². The highest BCUT2D eigenvalue weighted by Crippen LogP contribution is 2.55. The molecule has 5 heteroatoms. The minimum absolute atomic E-state index is 0.0410. The molecule has 2 heterocycles. The van der Waals surface area contributed by atoms with Gasteiger partial charge in [-0.3, -0.25) is 10.5 Å². The average Bonchev–Trinajstić information content (AvgIpc) is 2.94. The molecular weight excluding hydrogens is 284 g/mol. The third-order valence-electron chi connectivity index (χ3n) is 4.58. The molecule has 2 aliphatic rings. The van der Waals surface area contributed by atoms with Gasteiger partial charge >= 0.3 is 0 Å². The molecule has 0 spiro atoms. The first-order valence-electron chi connectivity index (χ1n) is 6.74. The van der Waals surface area contributed by atoms with Gasteiger partial charge in [0.15, 0.2) is 11.5 Å². The molecule has 1 aliphatic heterocycles. The Kier molecular flexibility index (Phi) is 3.05. The Morgan fingerprint density at radius 3 is 2.86 bits per heavy atom. The molecule has 0 aromatic carbocycles. The molecule has 1 aromatic heterocycles. The Morgan fingerprint density at radius 2 is 2.24 bits per heavy atom. The van der Waals surface area contributed by atoms with Gasteiger partial charge in [-0.15, -0.1) is 0 Å². The van der Waals surface area contributed by atoms with Gasteiger partial charge in [0, 0.05) is 5.92 Å². The van der Waals surface area contributed by atoms with Gasteiger partial charge in [-0.2, -0.15) is 16.6 Å². The summed E-state index contributed by atoms with van der Waals surface area (Å²) in [5, 5.41) is 13.7. The fourth-order valence-electron chi connectivity index (χ4n) is 3.16. The second-order valence-corrected chi connectivity index (χ2v) is 6.65. The van der Waals surface area contributed by atoms with Gasteiger partial charge in [-0.1, -0.05) is 6.08 Å². The third-order valence-corrected chi connectivity index (χ3v) is 5.29. The third kappa shape index (κ3) is 1.87. The molecule has 1 aromatic rings. The summed E-state index contributed by atoms with van der Waals surface area (Å²) in [7, 11) is 0. The molecule has 0 saturated carbocycles. The number of hydrogen-bond donors (Lipinski definition) is 1. The lowest BCUT2D eigenvalue weighted by Gasteiger charge is -2.51. The Morgan fingerprint density at radius 1 is 1.48 bits per heavy atom. The van der Waals surface area contributed by atoms with Crippen LogP contribution in [0.5, 0.6) is 0 Å². The highest BCUT2D eigenvalue weighted by atomic mass is 32.1. The summed E-state index contributed by atoms with van der Waals surface area (Å²) in [4.78, 5) is 12.4. The minimum Gasteiger partial charge on any atom is -0.475 e. The van der Waals surface area contributed by atoms with Crippen molar-refractivity contribution in [1.29, 1.82) is 5.26 Å². The predicted molar refractivity (Wildman–Crippen MR) is 80.2 cm³/mol. The summed E-state index contributed by atoms with van der Waals surface area (Å²) >= 11 is 1.55. The second-order valence-electron chi connectivity index (χ2n) is 5.87. The van der Waals surface area contributed by atoms with Crippen LogP contribution in [0.15, 0.2) is 40.8 Å². The van der Waals surface area contributed by atoms with Crippen LogP contribution in [0.2, 0.25) is 0 Å². The first kappa shape index (κ1) is 14.1. The van der Waals surface area contributed by atoms with Crippen molar-refractivity contribution >= 4 is 17.1 Å². The molecule has 108 valence electrons. The van der Waals surface area contributed by atoms with Crippen LogP contribution in [-0.2, 0) is 9.53 Å². The van der Waals surface area contributed by atoms with Crippen LogP contribution in [0, 0.1) is 22.7 Å². The normalized spacial score (nSPS) is 38.2. The Labute approximate surface area is 127 Å². The number of carbonyl (C=O) groups is 1. The number of nitriles is 1. The van der Waals surface area contributed by atoms with Crippen molar-refractivity contribution < 1.29 is 9.53 Å². The van der Waals surface area contributed by atoms with Crippen LogP contribution in [-0.4, -0.2) is 11.5 Å². The number of allylic oxidation sites excluding steroid dienone is 4. The van der Waals surface area contributed by atoms with Gasteiger partial charge in [0.2, 0.25) is 0 Å².